The Bertz CT molecular complexity index is 942. The van der Waals surface area contributed by atoms with E-state index in [4.69, 9.17) is 9.47 Å². The molecule has 1 unspecified atom stereocenters. The van der Waals surface area contributed by atoms with E-state index in [1.807, 2.05) is 17.0 Å². The van der Waals surface area contributed by atoms with Gasteiger partial charge in [0.1, 0.15) is 17.3 Å². The maximum atomic E-state index is 13.7. The molecule has 0 aliphatic carbocycles. The summed E-state index contributed by atoms with van der Waals surface area (Å²) < 4.78 is 24.3. The van der Waals surface area contributed by atoms with Crippen molar-refractivity contribution in [1.29, 1.82) is 0 Å². The van der Waals surface area contributed by atoms with E-state index in [2.05, 4.69) is 27.2 Å². The van der Waals surface area contributed by atoms with Gasteiger partial charge in [-0.1, -0.05) is 12.1 Å². The van der Waals surface area contributed by atoms with Gasteiger partial charge in [-0.15, -0.1) is 0 Å². The Hall–Kier alpha value is -2.84. The van der Waals surface area contributed by atoms with E-state index >= 15 is 0 Å². The smallest absolute Gasteiger partial charge is 0.317 e. The summed E-state index contributed by atoms with van der Waals surface area (Å²) >= 11 is 0. The number of urea groups is 1. The second kappa shape index (κ2) is 11.5. The number of methoxy groups -OCH3 is 2. The summed E-state index contributed by atoms with van der Waals surface area (Å²) in [5.74, 6) is 1.26. The number of carbonyl (C=O) groups is 1. The first-order chi connectivity index (χ1) is 16.6. The summed E-state index contributed by atoms with van der Waals surface area (Å²) in [6.45, 7) is 6.03. The fourth-order valence-corrected chi connectivity index (χ4v) is 4.85. The molecule has 34 heavy (non-hydrogen) atoms. The second-order valence-corrected chi connectivity index (χ2v) is 8.94. The van der Waals surface area contributed by atoms with Crippen LogP contribution in [0.15, 0.2) is 42.5 Å². The van der Waals surface area contributed by atoms with Gasteiger partial charge in [-0.3, -0.25) is 9.80 Å². The van der Waals surface area contributed by atoms with Crippen molar-refractivity contribution in [2.75, 3.05) is 60.0 Å². The summed E-state index contributed by atoms with van der Waals surface area (Å²) in [5.41, 5.74) is 2.02. The fraction of sp³-hybridized carbons (Fsp3) is 0.500. The highest BCUT2D eigenvalue weighted by Crippen LogP contribution is 2.26. The highest BCUT2D eigenvalue weighted by Gasteiger charge is 2.26. The molecule has 2 aliphatic heterocycles. The van der Waals surface area contributed by atoms with Crippen LogP contribution in [0.1, 0.15) is 30.0 Å². The lowest BCUT2D eigenvalue weighted by molar-refractivity contribution is 0.132. The summed E-state index contributed by atoms with van der Waals surface area (Å²) in [6, 6.07) is 12.9. The monoisotopic (exact) mass is 470 g/mol. The van der Waals surface area contributed by atoms with Gasteiger partial charge in [0.25, 0.3) is 0 Å². The summed E-state index contributed by atoms with van der Waals surface area (Å²) in [5, 5.41) is 3.17. The van der Waals surface area contributed by atoms with E-state index in [0.29, 0.717) is 31.9 Å². The van der Waals surface area contributed by atoms with E-state index in [9.17, 15) is 9.18 Å². The predicted molar refractivity (Wildman–Crippen MR) is 130 cm³/mol. The van der Waals surface area contributed by atoms with Crippen LogP contribution in [0, 0.1) is 5.82 Å². The highest BCUT2D eigenvalue weighted by molar-refractivity contribution is 5.74. The molecule has 2 fully saturated rings. The number of rotatable bonds is 8. The van der Waals surface area contributed by atoms with Crippen LogP contribution in [0.4, 0.5) is 9.18 Å². The van der Waals surface area contributed by atoms with Crippen molar-refractivity contribution in [3.63, 3.8) is 0 Å². The number of hydrogen-bond acceptors (Lipinski definition) is 5. The molecule has 0 saturated carbocycles. The molecular formula is C26H35FN4O3. The average molecular weight is 471 g/mol. The van der Waals surface area contributed by atoms with Gasteiger partial charge in [-0.25, -0.2) is 9.18 Å². The molecule has 1 N–H and O–H groups in total. The van der Waals surface area contributed by atoms with Gasteiger partial charge in [0.2, 0.25) is 0 Å². The Kier molecular flexibility index (Phi) is 8.24. The van der Waals surface area contributed by atoms with Crippen molar-refractivity contribution in [2.24, 2.45) is 0 Å². The number of nitrogens with one attached hydrogen (secondary N) is 1. The second-order valence-electron chi connectivity index (χ2n) is 8.94. The molecule has 2 amide bonds. The van der Waals surface area contributed by atoms with Crippen LogP contribution in [0.3, 0.4) is 0 Å². The molecule has 184 valence electrons. The van der Waals surface area contributed by atoms with Crippen molar-refractivity contribution >= 4 is 6.03 Å². The van der Waals surface area contributed by atoms with Gasteiger partial charge in [0, 0.05) is 44.8 Å². The van der Waals surface area contributed by atoms with Crippen LogP contribution >= 0.6 is 0 Å². The lowest BCUT2D eigenvalue weighted by Crippen LogP contribution is -2.52. The first-order valence-electron chi connectivity index (χ1n) is 12.0. The van der Waals surface area contributed by atoms with E-state index in [0.717, 1.165) is 37.5 Å². The Morgan fingerprint density at radius 3 is 2.32 bits per heavy atom. The summed E-state index contributed by atoms with van der Waals surface area (Å²) in [6.07, 6.45) is 2.39. The number of hydrogen-bond donors (Lipinski definition) is 1. The molecule has 0 spiro atoms. The molecule has 8 heteroatoms. The van der Waals surface area contributed by atoms with E-state index < -0.39 is 0 Å². The van der Waals surface area contributed by atoms with Crippen LogP contribution < -0.4 is 14.8 Å². The zero-order valence-corrected chi connectivity index (χ0v) is 20.1. The number of halogens is 1. The molecule has 0 radical (unpaired) electrons. The van der Waals surface area contributed by atoms with Crippen molar-refractivity contribution in [3.8, 4) is 11.5 Å². The summed E-state index contributed by atoms with van der Waals surface area (Å²) in [4.78, 5) is 19.5. The number of benzene rings is 2. The number of amides is 2. The molecule has 2 aromatic rings. The van der Waals surface area contributed by atoms with Crippen LogP contribution in [0.25, 0.3) is 0 Å². The minimum Gasteiger partial charge on any atom is -0.497 e. The third-order valence-corrected chi connectivity index (χ3v) is 6.82. The fourth-order valence-electron chi connectivity index (χ4n) is 4.85. The Morgan fingerprint density at radius 1 is 0.971 bits per heavy atom. The van der Waals surface area contributed by atoms with Gasteiger partial charge in [-0.2, -0.15) is 0 Å². The Morgan fingerprint density at radius 2 is 1.68 bits per heavy atom. The number of likely N-dealkylation sites (tertiary alicyclic amines) is 1. The molecule has 4 rings (SSSR count). The lowest BCUT2D eigenvalue weighted by atomic mass is 10.1. The standard InChI is InChI=1S/C26H35FN4O3/c1-33-23-8-5-20(6-9-23)24(30-11-3-4-12-30)18-28-26(32)31-15-13-29(14-16-31)19-21-17-22(27)7-10-25(21)34-2/h5-10,17,24H,3-4,11-16,18-19H2,1-2H3,(H,28,32). The number of piperazine rings is 1. The Labute approximate surface area is 201 Å². The molecule has 2 heterocycles. The molecule has 2 aromatic carbocycles. The van der Waals surface area contributed by atoms with Gasteiger partial charge in [0.05, 0.1) is 20.3 Å². The van der Waals surface area contributed by atoms with Crippen LogP contribution in [-0.2, 0) is 6.54 Å². The first-order valence-corrected chi connectivity index (χ1v) is 12.0. The number of ether oxygens (including phenoxy) is 2. The SMILES string of the molecule is COc1ccc(C(CNC(=O)N2CCN(Cc3cc(F)ccc3OC)CC2)N2CCCC2)cc1. The maximum Gasteiger partial charge on any atom is 0.317 e. The zero-order chi connectivity index (χ0) is 23.9. The molecule has 2 aliphatic rings. The lowest BCUT2D eigenvalue weighted by Gasteiger charge is -2.35. The minimum absolute atomic E-state index is 0.0271. The van der Waals surface area contributed by atoms with E-state index in [1.165, 1.54) is 30.5 Å². The van der Waals surface area contributed by atoms with Gasteiger partial charge >= 0.3 is 6.03 Å². The maximum absolute atomic E-state index is 13.7. The van der Waals surface area contributed by atoms with Gasteiger partial charge < -0.3 is 19.7 Å². The van der Waals surface area contributed by atoms with Crippen LogP contribution in [0.5, 0.6) is 11.5 Å². The largest absolute Gasteiger partial charge is 0.497 e. The molecular weight excluding hydrogens is 435 g/mol. The number of nitrogens with zero attached hydrogens (tertiary/aromatic N) is 3. The summed E-state index contributed by atoms with van der Waals surface area (Å²) in [7, 11) is 3.27. The topological polar surface area (TPSA) is 57.3 Å². The van der Waals surface area contributed by atoms with Crippen molar-refractivity contribution in [3.05, 3.63) is 59.4 Å². The van der Waals surface area contributed by atoms with Crippen LogP contribution in [0.2, 0.25) is 0 Å². The third kappa shape index (κ3) is 5.98. The van der Waals surface area contributed by atoms with Crippen LogP contribution in [-0.4, -0.2) is 80.8 Å². The van der Waals surface area contributed by atoms with Crippen molar-refractivity contribution in [2.45, 2.75) is 25.4 Å². The normalized spacial score (nSPS) is 18.0. The molecule has 7 nitrogen and oxygen atoms in total. The van der Waals surface area contributed by atoms with Gasteiger partial charge in [0.15, 0.2) is 0 Å². The number of carbonyl (C=O) groups excluding carboxylic acids is 1. The molecule has 2 saturated heterocycles. The first kappa shape index (κ1) is 24.3. The van der Waals surface area contributed by atoms with Crippen molar-refractivity contribution in [1.82, 2.24) is 20.0 Å². The minimum atomic E-state index is -0.266. The molecule has 1 atom stereocenters. The molecule has 0 aromatic heterocycles. The van der Waals surface area contributed by atoms with Crippen molar-refractivity contribution < 1.29 is 18.7 Å². The Balaban J connectivity index is 1.30. The average Bonchev–Trinajstić information content (AvgIpc) is 3.40. The zero-order valence-electron chi connectivity index (χ0n) is 20.1. The van der Waals surface area contributed by atoms with Gasteiger partial charge in [-0.05, 0) is 61.8 Å². The van der Waals surface area contributed by atoms with E-state index in [-0.39, 0.29) is 17.9 Å². The predicted octanol–water partition coefficient (Wildman–Crippen LogP) is 3.51. The third-order valence-electron chi connectivity index (χ3n) is 6.82. The molecule has 0 bridgehead atoms. The van der Waals surface area contributed by atoms with E-state index in [1.54, 1.807) is 20.3 Å². The quantitative estimate of drug-likeness (QED) is 0.640. The highest BCUT2D eigenvalue weighted by atomic mass is 19.1.